The third-order valence-electron chi connectivity index (χ3n) is 3.85. The molecule has 0 bridgehead atoms. The minimum Gasteiger partial charge on any atom is -0.324 e. The van der Waals surface area contributed by atoms with Crippen LogP contribution >= 0.6 is 22.6 Å². The number of carbonyl (C=O) groups excluding carboxylic acids is 1. The number of aromatic nitrogens is 2. The van der Waals surface area contributed by atoms with Gasteiger partial charge in [-0.1, -0.05) is 32.0 Å². The average molecular weight is 411 g/mol. The van der Waals surface area contributed by atoms with Gasteiger partial charge in [0.1, 0.15) is 6.54 Å². The zero-order valence-electron chi connectivity index (χ0n) is 13.5. The van der Waals surface area contributed by atoms with E-state index in [0.29, 0.717) is 0 Å². The SMILES string of the molecule is CCc1cccc(CC)c1NC(=O)Cn1nc(C)c(I)c1C. The molecular formula is C17H22IN3O. The van der Waals surface area contributed by atoms with Crippen LogP contribution < -0.4 is 5.32 Å². The van der Waals surface area contributed by atoms with Crippen LogP contribution in [0.4, 0.5) is 5.69 Å². The van der Waals surface area contributed by atoms with E-state index in [4.69, 9.17) is 0 Å². The van der Waals surface area contributed by atoms with Crippen LogP contribution in [0.5, 0.6) is 0 Å². The minimum absolute atomic E-state index is 0.0300. The van der Waals surface area contributed by atoms with E-state index in [-0.39, 0.29) is 12.5 Å². The van der Waals surface area contributed by atoms with Gasteiger partial charge in [0.25, 0.3) is 0 Å². The number of para-hydroxylation sites is 1. The van der Waals surface area contributed by atoms with Crippen molar-refractivity contribution in [2.24, 2.45) is 0 Å². The Balaban J connectivity index is 2.20. The maximum atomic E-state index is 12.4. The second-order valence-corrected chi connectivity index (χ2v) is 6.43. The van der Waals surface area contributed by atoms with E-state index in [1.54, 1.807) is 4.68 Å². The summed E-state index contributed by atoms with van der Waals surface area (Å²) in [4.78, 5) is 12.4. The number of carbonyl (C=O) groups is 1. The summed E-state index contributed by atoms with van der Waals surface area (Å²) in [5.41, 5.74) is 5.32. The van der Waals surface area contributed by atoms with Gasteiger partial charge in [-0.15, -0.1) is 0 Å². The van der Waals surface area contributed by atoms with Crippen LogP contribution in [0.1, 0.15) is 36.4 Å². The first kappa shape index (κ1) is 17.0. The third-order valence-corrected chi connectivity index (χ3v) is 5.41. The van der Waals surface area contributed by atoms with Crippen molar-refractivity contribution in [3.63, 3.8) is 0 Å². The highest BCUT2D eigenvalue weighted by molar-refractivity contribution is 14.1. The van der Waals surface area contributed by atoms with Gasteiger partial charge in [0, 0.05) is 11.4 Å². The fraction of sp³-hybridized carbons (Fsp3) is 0.412. The van der Waals surface area contributed by atoms with Crippen molar-refractivity contribution < 1.29 is 4.79 Å². The van der Waals surface area contributed by atoms with Gasteiger partial charge in [0.15, 0.2) is 0 Å². The largest absolute Gasteiger partial charge is 0.324 e. The van der Waals surface area contributed by atoms with E-state index in [0.717, 1.165) is 33.5 Å². The standard InChI is InChI=1S/C17H22IN3O/c1-5-13-8-7-9-14(6-2)17(13)19-15(22)10-21-12(4)16(18)11(3)20-21/h7-9H,5-6,10H2,1-4H3,(H,19,22). The Hall–Kier alpha value is -1.37. The summed E-state index contributed by atoms with van der Waals surface area (Å²) in [7, 11) is 0. The van der Waals surface area contributed by atoms with Crippen LogP contribution in [-0.2, 0) is 24.2 Å². The van der Waals surface area contributed by atoms with Gasteiger partial charge in [-0.05, 0) is 60.4 Å². The predicted octanol–water partition coefficient (Wildman–Crippen LogP) is 3.87. The first-order chi connectivity index (χ1) is 10.5. The quantitative estimate of drug-likeness (QED) is 0.760. The number of anilines is 1. The Morgan fingerprint density at radius 1 is 1.23 bits per heavy atom. The number of hydrogen-bond acceptors (Lipinski definition) is 2. The first-order valence-electron chi connectivity index (χ1n) is 7.58. The molecule has 2 aromatic rings. The molecule has 0 saturated heterocycles. The molecule has 0 spiro atoms. The van der Waals surface area contributed by atoms with Gasteiger partial charge in [-0.3, -0.25) is 9.48 Å². The molecule has 0 saturated carbocycles. The van der Waals surface area contributed by atoms with Crippen molar-refractivity contribution in [3.8, 4) is 0 Å². The van der Waals surface area contributed by atoms with Gasteiger partial charge in [0.05, 0.1) is 9.26 Å². The molecule has 0 aliphatic heterocycles. The van der Waals surface area contributed by atoms with Crippen LogP contribution in [0, 0.1) is 17.4 Å². The molecule has 0 aliphatic carbocycles. The second kappa shape index (κ2) is 7.26. The van der Waals surface area contributed by atoms with Crippen molar-refractivity contribution >= 4 is 34.2 Å². The molecule has 0 unspecified atom stereocenters. The average Bonchev–Trinajstić information content (AvgIpc) is 2.74. The Kier molecular flexibility index (Phi) is 5.61. The lowest BCUT2D eigenvalue weighted by Gasteiger charge is -2.14. The Morgan fingerprint density at radius 3 is 2.27 bits per heavy atom. The minimum atomic E-state index is -0.0300. The summed E-state index contributed by atoms with van der Waals surface area (Å²) in [6, 6.07) is 6.19. The molecule has 1 heterocycles. The van der Waals surface area contributed by atoms with Gasteiger partial charge < -0.3 is 5.32 Å². The zero-order chi connectivity index (χ0) is 16.3. The van der Waals surface area contributed by atoms with Crippen molar-refractivity contribution in [2.45, 2.75) is 47.1 Å². The monoisotopic (exact) mass is 411 g/mol. The van der Waals surface area contributed by atoms with Crippen molar-refractivity contribution in [3.05, 3.63) is 44.3 Å². The first-order valence-corrected chi connectivity index (χ1v) is 8.65. The van der Waals surface area contributed by atoms with Gasteiger partial charge in [-0.25, -0.2) is 0 Å². The van der Waals surface area contributed by atoms with Gasteiger partial charge in [0.2, 0.25) is 5.91 Å². The smallest absolute Gasteiger partial charge is 0.246 e. The highest BCUT2D eigenvalue weighted by atomic mass is 127. The molecule has 1 N–H and O–H groups in total. The second-order valence-electron chi connectivity index (χ2n) is 5.35. The summed E-state index contributed by atoms with van der Waals surface area (Å²) in [6.07, 6.45) is 1.81. The van der Waals surface area contributed by atoms with Crippen molar-refractivity contribution in [1.29, 1.82) is 0 Å². The van der Waals surface area contributed by atoms with E-state index in [9.17, 15) is 4.79 Å². The molecular weight excluding hydrogens is 389 g/mol. The molecule has 1 aromatic carbocycles. The zero-order valence-corrected chi connectivity index (χ0v) is 15.7. The molecule has 2 rings (SSSR count). The number of amides is 1. The molecule has 0 radical (unpaired) electrons. The fourth-order valence-electron chi connectivity index (χ4n) is 2.55. The summed E-state index contributed by atoms with van der Waals surface area (Å²) in [5, 5.41) is 7.51. The lowest BCUT2D eigenvalue weighted by atomic mass is 10.0. The number of nitrogens with one attached hydrogen (secondary N) is 1. The summed E-state index contributed by atoms with van der Waals surface area (Å²) >= 11 is 2.27. The number of halogens is 1. The molecule has 0 fully saturated rings. The number of rotatable bonds is 5. The number of aryl methyl sites for hydroxylation is 3. The number of benzene rings is 1. The van der Waals surface area contributed by atoms with E-state index < -0.39 is 0 Å². The molecule has 118 valence electrons. The Labute approximate surface area is 145 Å². The Bertz CT molecular complexity index is 669. The molecule has 0 atom stereocenters. The van der Waals surface area contributed by atoms with Crippen LogP contribution in [0.15, 0.2) is 18.2 Å². The van der Waals surface area contributed by atoms with Crippen LogP contribution in [0.25, 0.3) is 0 Å². The highest BCUT2D eigenvalue weighted by Gasteiger charge is 2.14. The van der Waals surface area contributed by atoms with E-state index in [1.165, 1.54) is 11.1 Å². The maximum Gasteiger partial charge on any atom is 0.246 e. The van der Waals surface area contributed by atoms with Crippen molar-refractivity contribution in [2.75, 3.05) is 5.32 Å². The predicted molar refractivity (Wildman–Crippen MR) is 98.2 cm³/mol. The molecule has 4 nitrogen and oxygen atoms in total. The maximum absolute atomic E-state index is 12.4. The van der Waals surface area contributed by atoms with E-state index in [2.05, 4.69) is 65.1 Å². The molecule has 1 aromatic heterocycles. The lowest BCUT2D eigenvalue weighted by molar-refractivity contribution is -0.116. The molecule has 1 amide bonds. The molecule has 0 aliphatic rings. The number of nitrogens with zero attached hydrogens (tertiary/aromatic N) is 2. The Morgan fingerprint density at radius 2 is 1.82 bits per heavy atom. The molecule has 5 heteroatoms. The topological polar surface area (TPSA) is 46.9 Å². The van der Waals surface area contributed by atoms with Crippen LogP contribution in [0.3, 0.4) is 0 Å². The summed E-state index contributed by atoms with van der Waals surface area (Å²) < 4.78 is 2.89. The van der Waals surface area contributed by atoms with Gasteiger partial charge >= 0.3 is 0 Å². The van der Waals surface area contributed by atoms with Gasteiger partial charge in [-0.2, -0.15) is 5.10 Å². The van der Waals surface area contributed by atoms with Crippen LogP contribution in [-0.4, -0.2) is 15.7 Å². The normalized spacial score (nSPS) is 10.8. The third kappa shape index (κ3) is 3.51. The lowest BCUT2D eigenvalue weighted by Crippen LogP contribution is -2.21. The summed E-state index contributed by atoms with van der Waals surface area (Å²) in [6.45, 7) is 8.41. The highest BCUT2D eigenvalue weighted by Crippen LogP contribution is 2.23. The van der Waals surface area contributed by atoms with E-state index in [1.807, 2.05) is 13.8 Å². The summed E-state index contributed by atoms with van der Waals surface area (Å²) in [5.74, 6) is -0.0300. The van der Waals surface area contributed by atoms with Crippen molar-refractivity contribution in [1.82, 2.24) is 9.78 Å². The molecule has 22 heavy (non-hydrogen) atoms. The number of hydrogen-bond donors (Lipinski definition) is 1. The fourth-order valence-corrected chi connectivity index (χ4v) is 2.93. The van der Waals surface area contributed by atoms with E-state index >= 15 is 0 Å². The van der Waals surface area contributed by atoms with Crippen LogP contribution in [0.2, 0.25) is 0 Å².